The summed E-state index contributed by atoms with van der Waals surface area (Å²) in [6.07, 6.45) is 6.58. The maximum Gasteiger partial charge on any atom is 0.0313 e. The van der Waals surface area contributed by atoms with Gasteiger partial charge in [-0.3, -0.25) is 4.98 Å². The summed E-state index contributed by atoms with van der Waals surface area (Å²) in [7, 11) is 0. The third-order valence-electron chi connectivity index (χ3n) is 1.81. The highest BCUT2D eigenvalue weighted by molar-refractivity contribution is 14.1. The second-order valence-corrected chi connectivity index (χ2v) is 3.83. The quantitative estimate of drug-likeness (QED) is 0.693. The van der Waals surface area contributed by atoms with Crippen LogP contribution in [0.3, 0.4) is 0 Å². The van der Waals surface area contributed by atoms with Crippen molar-refractivity contribution in [1.82, 2.24) is 4.98 Å². The number of nitrogens with zero attached hydrogens (tertiary/aromatic N) is 1. The van der Waals surface area contributed by atoms with Gasteiger partial charge in [-0.05, 0) is 53.0 Å². The monoisotopic (exact) mass is 245 g/mol. The Morgan fingerprint density at radius 3 is 2.90 bits per heavy atom. The van der Waals surface area contributed by atoms with Crippen LogP contribution in [0.25, 0.3) is 0 Å². The highest BCUT2D eigenvalue weighted by Crippen LogP contribution is 2.41. The minimum Gasteiger partial charge on any atom is -0.264 e. The van der Waals surface area contributed by atoms with Crippen LogP contribution in [0.1, 0.15) is 24.3 Å². The maximum absolute atomic E-state index is 4.10. The summed E-state index contributed by atoms with van der Waals surface area (Å²) in [6, 6.07) is 2.08. The molecular formula is C8H8IN. The van der Waals surface area contributed by atoms with Crippen molar-refractivity contribution in [1.29, 1.82) is 0 Å². The zero-order chi connectivity index (χ0) is 6.97. The van der Waals surface area contributed by atoms with Crippen molar-refractivity contribution < 1.29 is 0 Å². The van der Waals surface area contributed by atoms with Gasteiger partial charge < -0.3 is 0 Å². The number of hydrogen-bond acceptors (Lipinski definition) is 1. The van der Waals surface area contributed by atoms with Crippen LogP contribution in [0.2, 0.25) is 0 Å². The molecule has 0 amide bonds. The molecule has 1 heterocycles. The summed E-state index contributed by atoms with van der Waals surface area (Å²) >= 11 is 2.38. The Morgan fingerprint density at radius 1 is 1.50 bits per heavy atom. The molecule has 1 aromatic rings. The van der Waals surface area contributed by atoms with E-state index in [1.165, 1.54) is 22.0 Å². The van der Waals surface area contributed by atoms with Gasteiger partial charge >= 0.3 is 0 Å². The summed E-state index contributed by atoms with van der Waals surface area (Å²) < 4.78 is 1.37. The average molecular weight is 245 g/mol. The summed E-state index contributed by atoms with van der Waals surface area (Å²) in [5.41, 5.74) is 1.45. The lowest BCUT2D eigenvalue weighted by Gasteiger charge is -1.97. The normalized spacial score (nSPS) is 17.3. The molecule has 0 unspecified atom stereocenters. The molecule has 2 heteroatoms. The predicted molar refractivity (Wildman–Crippen MR) is 48.9 cm³/mol. The Labute approximate surface area is 74.0 Å². The van der Waals surface area contributed by atoms with Crippen LogP contribution in [0.5, 0.6) is 0 Å². The lowest BCUT2D eigenvalue weighted by Crippen LogP contribution is -1.85. The molecule has 2 rings (SSSR count). The van der Waals surface area contributed by atoms with E-state index in [0.717, 1.165) is 5.92 Å². The molecule has 1 aromatic heterocycles. The Hall–Kier alpha value is -0.120. The van der Waals surface area contributed by atoms with Crippen LogP contribution in [-0.4, -0.2) is 4.98 Å². The highest BCUT2D eigenvalue weighted by Gasteiger charge is 2.25. The Morgan fingerprint density at radius 2 is 2.30 bits per heavy atom. The van der Waals surface area contributed by atoms with E-state index in [2.05, 4.69) is 33.6 Å². The van der Waals surface area contributed by atoms with Crippen molar-refractivity contribution in [2.24, 2.45) is 0 Å². The van der Waals surface area contributed by atoms with Gasteiger partial charge in [0.1, 0.15) is 0 Å². The molecule has 1 nitrogen and oxygen atoms in total. The van der Waals surface area contributed by atoms with E-state index in [0.29, 0.717) is 0 Å². The van der Waals surface area contributed by atoms with Gasteiger partial charge in [-0.1, -0.05) is 0 Å². The second-order valence-electron chi connectivity index (χ2n) is 2.67. The van der Waals surface area contributed by atoms with Crippen molar-refractivity contribution in [2.45, 2.75) is 18.8 Å². The standard InChI is InChI=1S/C8H8IN/c9-8-3-4-10-5-7(8)6-1-2-6/h3-6H,1-2H2. The van der Waals surface area contributed by atoms with E-state index in [1.807, 2.05) is 12.4 Å². The fourth-order valence-corrected chi connectivity index (χ4v) is 1.82. The fraction of sp³-hybridized carbons (Fsp3) is 0.375. The number of aromatic nitrogens is 1. The van der Waals surface area contributed by atoms with E-state index < -0.39 is 0 Å². The fourth-order valence-electron chi connectivity index (χ4n) is 1.08. The molecule has 0 bridgehead atoms. The van der Waals surface area contributed by atoms with Crippen molar-refractivity contribution in [2.75, 3.05) is 0 Å². The molecule has 0 radical (unpaired) electrons. The summed E-state index contributed by atoms with van der Waals surface area (Å²) in [5.74, 6) is 0.834. The Kier molecular flexibility index (Phi) is 1.64. The minimum atomic E-state index is 0.834. The molecule has 0 saturated heterocycles. The first kappa shape index (κ1) is 6.58. The van der Waals surface area contributed by atoms with E-state index in [4.69, 9.17) is 0 Å². The van der Waals surface area contributed by atoms with Crippen LogP contribution in [-0.2, 0) is 0 Å². The van der Waals surface area contributed by atoms with Gasteiger partial charge in [-0.15, -0.1) is 0 Å². The zero-order valence-electron chi connectivity index (χ0n) is 5.55. The first-order valence-electron chi connectivity index (χ1n) is 3.47. The zero-order valence-corrected chi connectivity index (χ0v) is 7.71. The second kappa shape index (κ2) is 2.49. The average Bonchev–Trinajstić information content (AvgIpc) is 2.71. The molecule has 1 aliphatic carbocycles. The molecular weight excluding hydrogens is 237 g/mol. The third-order valence-corrected chi connectivity index (χ3v) is 2.80. The summed E-state index contributed by atoms with van der Waals surface area (Å²) in [5, 5.41) is 0. The van der Waals surface area contributed by atoms with Crippen molar-refractivity contribution in [3.63, 3.8) is 0 Å². The van der Waals surface area contributed by atoms with Gasteiger partial charge in [0.2, 0.25) is 0 Å². The molecule has 0 atom stereocenters. The van der Waals surface area contributed by atoms with E-state index in [1.54, 1.807) is 0 Å². The van der Waals surface area contributed by atoms with Gasteiger partial charge in [-0.2, -0.15) is 0 Å². The van der Waals surface area contributed by atoms with Gasteiger partial charge in [0.15, 0.2) is 0 Å². The van der Waals surface area contributed by atoms with Gasteiger partial charge in [0, 0.05) is 16.0 Å². The van der Waals surface area contributed by atoms with Crippen LogP contribution < -0.4 is 0 Å². The van der Waals surface area contributed by atoms with E-state index in [9.17, 15) is 0 Å². The number of rotatable bonds is 1. The van der Waals surface area contributed by atoms with Crippen molar-refractivity contribution in [3.8, 4) is 0 Å². The van der Waals surface area contributed by atoms with Gasteiger partial charge in [-0.25, -0.2) is 0 Å². The van der Waals surface area contributed by atoms with Crippen molar-refractivity contribution in [3.05, 3.63) is 27.6 Å². The molecule has 1 aliphatic rings. The van der Waals surface area contributed by atoms with Crippen LogP contribution in [0.4, 0.5) is 0 Å². The molecule has 0 N–H and O–H groups in total. The van der Waals surface area contributed by atoms with E-state index in [-0.39, 0.29) is 0 Å². The largest absolute Gasteiger partial charge is 0.264 e. The predicted octanol–water partition coefficient (Wildman–Crippen LogP) is 2.56. The first-order chi connectivity index (χ1) is 4.88. The molecule has 0 spiro atoms. The van der Waals surface area contributed by atoms with Crippen molar-refractivity contribution >= 4 is 22.6 Å². The number of hydrogen-bond donors (Lipinski definition) is 0. The Bertz CT molecular complexity index is 243. The maximum atomic E-state index is 4.10. The Balaban J connectivity index is 2.39. The molecule has 1 fully saturated rings. The number of pyridine rings is 1. The third kappa shape index (κ3) is 1.17. The number of halogens is 1. The summed E-state index contributed by atoms with van der Waals surface area (Å²) in [4.78, 5) is 4.10. The summed E-state index contributed by atoms with van der Waals surface area (Å²) in [6.45, 7) is 0. The minimum absolute atomic E-state index is 0.834. The lowest BCUT2D eigenvalue weighted by atomic mass is 10.2. The molecule has 0 aromatic carbocycles. The van der Waals surface area contributed by atoms with E-state index >= 15 is 0 Å². The molecule has 1 saturated carbocycles. The first-order valence-corrected chi connectivity index (χ1v) is 4.55. The molecule has 10 heavy (non-hydrogen) atoms. The van der Waals surface area contributed by atoms with Crippen LogP contribution >= 0.6 is 22.6 Å². The van der Waals surface area contributed by atoms with Gasteiger partial charge in [0.25, 0.3) is 0 Å². The lowest BCUT2D eigenvalue weighted by molar-refractivity contribution is 1.08. The smallest absolute Gasteiger partial charge is 0.0313 e. The van der Waals surface area contributed by atoms with Crippen LogP contribution in [0, 0.1) is 3.57 Å². The van der Waals surface area contributed by atoms with Crippen LogP contribution in [0.15, 0.2) is 18.5 Å². The SMILES string of the molecule is Ic1ccncc1C1CC1. The molecule has 52 valence electrons. The topological polar surface area (TPSA) is 12.9 Å². The highest BCUT2D eigenvalue weighted by atomic mass is 127. The molecule has 0 aliphatic heterocycles. The van der Waals surface area contributed by atoms with Gasteiger partial charge in [0.05, 0.1) is 0 Å².